The number of aromatic nitrogens is 1. The van der Waals surface area contributed by atoms with Gasteiger partial charge in [-0.25, -0.2) is 13.2 Å². The van der Waals surface area contributed by atoms with E-state index in [0.29, 0.717) is 0 Å². The van der Waals surface area contributed by atoms with Gasteiger partial charge in [0.15, 0.2) is 17.5 Å². The third kappa shape index (κ3) is 1.48. The van der Waals surface area contributed by atoms with Gasteiger partial charge >= 0.3 is 0 Å². The molecule has 2 N–H and O–H groups in total. The van der Waals surface area contributed by atoms with Crippen molar-refractivity contribution < 1.29 is 18.0 Å². The van der Waals surface area contributed by atoms with E-state index < -0.39 is 23.4 Å². The molecule has 0 aliphatic rings. The molecule has 0 saturated carbocycles. The van der Waals surface area contributed by atoms with Gasteiger partial charge in [-0.3, -0.25) is 9.78 Å². The summed E-state index contributed by atoms with van der Waals surface area (Å²) in [5, 5.41) is -0.0206. The van der Waals surface area contributed by atoms with Gasteiger partial charge in [-0.15, -0.1) is 0 Å². The number of nitrogens with two attached hydrogens (primary N) is 1. The van der Waals surface area contributed by atoms with Crippen LogP contribution in [-0.2, 0) is 0 Å². The third-order valence-corrected chi connectivity index (χ3v) is 2.09. The summed E-state index contributed by atoms with van der Waals surface area (Å²) in [5.41, 5.74) is 4.62. The van der Waals surface area contributed by atoms with E-state index in [2.05, 4.69) is 4.98 Å². The van der Waals surface area contributed by atoms with Crippen LogP contribution >= 0.6 is 0 Å². The van der Waals surface area contributed by atoms with Crippen molar-refractivity contribution in [3.63, 3.8) is 0 Å². The van der Waals surface area contributed by atoms with E-state index in [0.717, 1.165) is 18.3 Å². The Morgan fingerprint density at radius 2 is 1.88 bits per heavy atom. The number of primary amides is 1. The first-order valence-corrected chi connectivity index (χ1v) is 4.23. The van der Waals surface area contributed by atoms with E-state index in [9.17, 15) is 18.0 Å². The minimum atomic E-state index is -1.59. The van der Waals surface area contributed by atoms with Crippen LogP contribution in [0.4, 0.5) is 13.2 Å². The molecular weight excluding hydrogens is 221 g/mol. The summed E-state index contributed by atoms with van der Waals surface area (Å²) in [5.74, 6) is -5.09. The maximum absolute atomic E-state index is 13.2. The largest absolute Gasteiger partial charge is 0.366 e. The maximum atomic E-state index is 13.2. The van der Waals surface area contributed by atoms with Crippen molar-refractivity contribution in [3.8, 4) is 0 Å². The normalized spacial score (nSPS) is 10.7. The maximum Gasteiger partial charge on any atom is 0.250 e. The van der Waals surface area contributed by atoms with Crippen molar-refractivity contribution in [1.29, 1.82) is 0 Å². The molecule has 0 aliphatic heterocycles. The Kier molecular flexibility index (Phi) is 2.26. The minimum Gasteiger partial charge on any atom is -0.366 e. The van der Waals surface area contributed by atoms with E-state index in [1.807, 2.05) is 0 Å². The molecule has 3 nitrogen and oxygen atoms in total. The number of pyridine rings is 1. The number of hydrogen-bond acceptors (Lipinski definition) is 2. The number of carbonyl (C=O) groups is 1. The standard InChI is InChI=1S/C10H5F3N2O/c11-6-2-4-1-5(10(14)16)3-15-9(4)8(13)7(6)12/h1-3H,(H2,14,16). The second-order valence-electron chi connectivity index (χ2n) is 3.15. The smallest absolute Gasteiger partial charge is 0.250 e. The van der Waals surface area contributed by atoms with E-state index in [1.54, 1.807) is 0 Å². The van der Waals surface area contributed by atoms with Crippen molar-refractivity contribution in [3.05, 3.63) is 41.3 Å². The monoisotopic (exact) mass is 226 g/mol. The second kappa shape index (κ2) is 3.48. The van der Waals surface area contributed by atoms with E-state index in [-0.39, 0.29) is 16.5 Å². The fraction of sp³-hybridized carbons (Fsp3) is 0. The molecule has 1 heterocycles. The summed E-state index contributed by atoms with van der Waals surface area (Å²) in [7, 11) is 0. The van der Waals surface area contributed by atoms with Crippen LogP contribution in [0.1, 0.15) is 10.4 Å². The Bertz CT molecular complexity index is 598. The van der Waals surface area contributed by atoms with Crippen LogP contribution in [0, 0.1) is 17.5 Å². The molecule has 0 bridgehead atoms. The van der Waals surface area contributed by atoms with Crippen molar-refractivity contribution in [2.24, 2.45) is 5.73 Å². The average molecular weight is 226 g/mol. The first kappa shape index (κ1) is 10.4. The number of halogens is 3. The molecule has 1 aromatic carbocycles. The zero-order chi connectivity index (χ0) is 11.9. The SMILES string of the molecule is NC(=O)c1cnc2c(F)c(F)c(F)cc2c1. The number of benzene rings is 1. The fourth-order valence-corrected chi connectivity index (χ4v) is 1.32. The van der Waals surface area contributed by atoms with Crippen molar-refractivity contribution in [1.82, 2.24) is 4.98 Å². The van der Waals surface area contributed by atoms with Crippen LogP contribution in [0.25, 0.3) is 10.9 Å². The van der Waals surface area contributed by atoms with Gasteiger partial charge in [0.25, 0.3) is 0 Å². The molecule has 1 amide bonds. The number of carbonyl (C=O) groups excluding carboxylic acids is 1. The molecule has 16 heavy (non-hydrogen) atoms. The molecule has 0 radical (unpaired) electrons. The van der Waals surface area contributed by atoms with Gasteiger partial charge in [0.05, 0.1) is 5.56 Å². The zero-order valence-corrected chi connectivity index (χ0v) is 7.80. The van der Waals surface area contributed by atoms with Crippen LogP contribution < -0.4 is 5.73 Å². The molecule has 0 fully saturated rings. The number of fused-ring (bicyclic) bond motifs is 1. The molecule has 2 aromatic rings. The molecule has 0 unspecified atom stereocenters. The predicted molar refractivity (Wildman–Crippen MR) is 50.1 cm³/mol. The lowest BCUT2D eigenvalue weighted by Crippen LogP contribution is -2.11. The highest BCUT2D eigenvalue weighted by atomic mass is 19.2. The molecule has 0 atom stereocenters. The lowest BCUT2D eigenvalue weighted by atomic mass is 10.1. The number of hydrogen-bond donors (Lipinski definition) is 1. The van der Waals surface area contributed by atoms with Crippen molar-refractivity contribution >= 4 is 16.8 Å². The summed E-state index contributed by atoms with van der Waals surface area (Å²) in [6.45, 7) is 0. The zero-order valence-electron chi connectivity index (χ0n) is 7.80. The fourth-order valence-electron chi connectivity index (χ4n) is 1.32. The lowest BCUT2D eigenvalue weighted by Gasteiger charge is -2.02. The van der Waals surface area contributed by atoms with Crippen LogP contribution in [-0.4, -0.2) is 10.9 Å². The predicted octanol–water partition coefficient (Wildman–Crippen LogP) is 1.75. The Balaban J connectivity index is 2.81. The van der Waals surface area contributed by atoms with Gasteiger partial charge in [-0.1, -0.05) is 0 Å². The molecule has 0 spiro atoms. The minimum absolute atomic E-state index is 0.00194. The molecule has 6 heteroatoms. The second-order valence-corrected chi connectivity index (χ2v) is 3.15. The third-order valence-electron chi connectivity index (χ3n) is 2.09. The van der Waals surface area contributed by atoms with Gasteiger partial charge in [-0.05, 0) is 12.1 Å². The average Bonchev–Trinajstić information content (AvgIpc) is 2.25. The van der Waals surface area contributed by atoms with E-state index >= 15 is 0 Å². The van der Waals surface area contributed by atoms with Gasteiger partial charge < -0.3 is 5.73 Å². The number of rotatable bonds is 1. The molecule has 82 valence electrons. The lowest BCUT2D eigenvalue weighted by molar-refractivity contribution is 0.1000. The summed E-state index contributed by atoms with van der Waals surface area (Å²) >= 11 is 0. The highest BCUT2D eigenvalue weighted by Gasteiger charge is 2.15. The topological polar surface area (TPSA) is 56.0 Å². The highest BCUT2D eigenvalue weighted by Crippen LogP contribution is 2.21. The number of nitrogens with zero attached hydrogens (tertiary/aromatic N) is 1. The van der Waals surface area contributed by atoms with Crippen molar-refractivity contribution in [2.45, 2.75) is 0 Å². The number of amides is 1. The summed E-state index contributed by atoms with van der Waals surface area (Å²) in [4.78, 5) is 14.3. The van der Waals surface area contributed by atoms with Crippen LogP contribution in [0.5, 0.6) is 0 Å². The summed E-state index contributed by atoms with van der Waals surface area (Å²) < 4.78 is 38.9. The first-order chi connectivity index (χ1) is 7.50. The van der Waals surface area contributed by atoms with E-state index in [1.165, 1.54) is 0 Å². The van der Waals surface area contributed by atoms with Gasteiger partial charge in [-0.2, -0.15) is 0 Å². The molecule has 0 aliphatic carbocycles. The Morgan fingerprint density at radius 1 is 1.19 bits per heavy atom. The van der Waals surface area contributed by atoms with Gasteiger partial charge in [0.2, 0.25) is 5.91 Å². The molecule has 0 saturated heterocycles. The molecular formula is C10H5F3N2O. The highest BCUT2D eigenvalue weighted by molar-refractivity contribution is 5.96. The van der Waals surface area contributed by atoms with Gasteiger partial charge in [0.1, 0.15) is 5.52 Å². The molecule has 1 aromatic heterocycles. The van der Waals surface area contributed by atoms with E-state index in [4.69, 9.17) is 5.73 Å². The summed E-state index contributed by atoms with van der Waals surface area (Å²) in [6.07, 6.45) is 1.01. The van der Waals surface area contributed by atoms with Crippen molar-refractivity contribution in [2.75, 3.05) is 0 Å². The Hall–Kier alpha value is -2.11. The Morgan fingerprint density at radius 3 is 2.50 bits per heavy atom. The Labute approximate surface area is 87.7 Å². The summed E-state index contributed by atoms with van der Waals surface area (Å²) in [6, 6.07) is 1.91. The van der Waals surface area contributed by atoms with Crippen LogP contribution in [0.15, 0.2) is 18.3 Å². The van der Waals surface area contributed by atoms with Crippen LogP contribution in [0.2, 0.25) is 0 Å². The first-order valence-electron chi connectivity index (χ1n) is 4.23. The van der Waals surface area contributed by atoms with Gasteiger partial charge in [0, 0.05) is 11.6 Å². The molecule has 2 rings (SSSR count). The quantitative estimate of drug-likeness (QED) is 0.753. The van der Waals surface area contributed by atoms with Crippen LogP contribution in [0.3, 0.4) is 0 Å².